The summed E-state index contributed by atoms with van der Waals surface area (Å²) >= 11 is 0. The van der Waals surface area contributed by atoms with Gasteiger partial charge in [0.15, 0.2) is 0 Å². The highest BCUT2D eigenvalue weighted by Gasteiger charge is 2.51. The third-order valence-electron chi connectivity index (χ3n) is 13.9. The SMILES string of the molecule is CCCCCCCCCCCCNC(=O)N[C@H]1CN([C@H](c2ccc(C(=O)N3C[C@@H](C(=O)N[C@H]4C[C@@H]4c4ccccc4)[C@H](C(=O)N[C@H]4C[C@@H]4c4ccccc4)C3)cc2)C(F)(F)F)C[C@@H]1OC. The number of benzene rings is 3. The monoisotopic (exact) mass is 901 g/mol. The van der Waals surface area contributed by atoms with E-state index in [1.54, 1.807) is 0 Å². The van der Waals surface area contributed by atoms with Gasteiger partial charge in [-0.05, 0) is 48.1 Å². The molecule has 4 aliphatic rings. The number of carbonyl (C=O) groups excluding carboxylic acids is 4. The number of likely N-dealkylation sites (tertiary alicyclic amines) is 2. The Morgan fingerprint density at radius 3 is 1.65 bits per heavy atom. The van der Waals surface area contributed by atoms with Crippen LogP contribution in [0.25, 0.3) is 0 Å². The minimum Gasteiger partial charge on any atom is -0.378 e. The molecule has 3 aromatic carbocycles. The third kappa shape index (κ3) is 12.9. The lowest BCUT2D eigenvalue weighted by Crippen LogP contribution is -2.48. The van der Waals surface area contributed by atoms with Gasteiger partial charge >= 0.3 is 12.2 Å². The summed E-state index contributed by atoms with van der Waals surface area (Å²) in [6.45, 7) is 2.54. The normalized spacial score (nSPS) is 25.5. The summed E-state index contributed by atoms with van der Waals surface area (Å²) in [4.78, 5) is 57.4. The molecule has 5 amide bonds. The van der Waals surface area contributed by atoms with E-state index in [-0.39, 0.29) is 73.0 Å². The molecule has 4 N–H and O–H groups in total. The van der Waals surface area contributed by atoms with Crippen LogP contribution in [0.2, 0.25) is 0 Å². The first-order chi connectivity index (χ1) is 31.4. The van der Waals surface area contributed by atoms with Crippen LogP contribution in [0.15, 0.2) is 84.9 Å². The van der Waals surface area contributed by atoms with E-state index >= 15 is 0 Å². The molecule has 0 spiro atoms. The maximum Gasteiger partial charge on any atom is 0.408 e. The van der Waals surface area contributed by atoms with Crippen molar-refractivity contribution in [3.05, 3.63) is 107 Å². The van der Waals surface area contributed by atoms with Gasteiger partial charge in [-0.3, -0.25) is 19.3 Å². The molecule has 352 valence electrons. The number of halogens is 3. The first kappa shape index (κ1) is 48.0. The first-order valence-corrected chi connectivity index (χ1v) is 23.9. The van der Waals surface area contributed by atoms with Gasteiger partial charge in [-0.25, -0.2) is 4.79 Å². The van der Waals surface area contributed by atoms with Crippen molar-refractivity contribution in [2.45, 2.75) is 132 Å². The zero-order chi connectivity index (χ0) is 45.9. The number of carbonyl (C=O) groups is 4. The summed E-state index contributed by atoms with van der Waals surface area (Å²) in [5.41, 5.74) is 2.36. The van der Waals surface area contributed by atoms with E-state index in [1.807, 2.05) is 60.7 Å². The molecule has 65 heavy (non-hydrogen) atoms. The van der Waals surface area contributed by atoms with Gasteiger partial charge in [0.05, 0.1) is 24.0 Å². The van der Waals surface area contributed by atoms with Crippen LogP contribution < -0.4 is 21.3 Å². The lowest BCUT2D eigenvalue weighted by molar-refractivity contribution is -0.184. The minimum absolute atomic E-state index is 0.00140. The molecule has 2 aliphatic carbocycles. The average molecular weight is 901 g/mol. The number of nitrogens with one attached hydrogen (secondary N) is 4. The van der Waals surface area contributed by atoms with Crippen LogP contribution in [0.4, 0.5) is 18.0 Å². The molecule has 2 heterocycles. The fourth-order valence-corrected chi connectivity index (χ4v) is 9.95. The van der Waals surface area contributed by atoms with Gasteiger partial charge in [0, 0.05) is 69.3 Å². The summed E-state index contributed by atoms with van der Waals surface area (Å²) < 4.78 is 50.3. The summed E-state index contributed by atoms with van der Waals surface area (Å²) in [5.74, 6) is -2.30. The van der Waals surface area contributed by atoms with Crippen LogP contribution >= 0.6 is 0 Å². The van der Waals surface area contributed by atoms with Crippen LogP contribution in [-0.4, -0.2) is 104 Å². The number of urea groups is 1. The Morgan fingerprint density at radius 2 is 1.15 bits per heavy atom. The van der Waals surface area contributed by atoms with Crippen molar-refractivity contribution in [2.24, 2.45) is 11.8 Å². The number of nitrogens with zero attached hydrogens (tertiary/aromatic N) is 2. The van der Waals surface area contributed by atoms with Crippen LogP contribution in [0.5, 0.6) is 0 Å². The van der Waals surface area contributed by atoms with E-state index < -0.39 is 48.1 Å². The van der Waals surface area contributed by atoms with Crippen LogP contribution in [0.1, 0.15) is 129 Å². The fraction of sp³-hybridized carbons (Fsp3) is 0.569. The third-order valence-corrected chi connectivity index (χ3v) is 13.9. The first-order valence-electron chi connectivity index (χ1n) is 23.9. The van der Waals surface area contributed by atoms with Crippen molar-refractivity contribution in [3.63, 3.8) is 0 Å². The standard InChI is InChI=1S/C51H67F3N6O5/c1-3-4-5-6-7-8-9-10-11-18-27-55-50(64)58-44-32-59(33-45(44)65-2)46(51(52,53)54)36-23-25-37(26-24-36)49(63)60-30-40(47(61)56-42-28-38(42)34-19-14-12-15-20-34)41(31-60)48(62)57-43-29-39(43)35-21-16-13-17-22-35/h12-17,19-26,38-46H,3-11,18,27-33H2,1-2H3,(H,56,61)(H,57,62)(H2,55,58,64)/t38-,39-,40-,41-,42+,43+,44+,45+,46-/m1/s1. The Labute approximate surface area is 382 Å². The van der Waals surface area contributed by atoms with Crippen molar-refractivity contribution in [2.75, 3.05) is 39.8 Å². The molecular weight excluding hydrogens is 834 g/mol. The highest BCUT2D eigenvalue weighted by Crippen LogP contribution is 2.43. The predicted octanol–water partition coefficient (Wildman–Crippen LogP) is 8.24. The molecule has 3 aromatic rings. The van der Waals surface area contributed by atoms with Crippen molar-refractivity contribution in [1.29, 1.82) is 0 Å². The van der Waals surface area contributed by atoms with Gasteiger partial charge in [-0.1, -0.05) is 138 Å². The molecule has 7 rings (SSSR count). The number of unbranched alkanes of at least 4 members (excludes halogenated alkanes) is 9. The molecule has 0 radical (unpaired) electrons. The molecule has 11 nitrogen and oxygen atoms in total. The maximum atomic E-state index is 14.9. The van der Waals surface area contributed by atoms with E-state index in [0.717, 1.165) is 43.2 Å². The Balaban J connectivity index is 0.944. The number of hydrogen-bond acceptors (Lipinski definition) is 6. The molecule has 2 saturated heterocycles. The Morgan fingerprint density at radius 1 is 0.646 bits per heavy atom. The number of hydrogen-bond donors (Lipinski definition) is 4. The number of methoxy groups -OCH3 is 1. The van der Waals surface area contributed by atoms with E-state index in [0.29, 0.717) is 6.54 Å². The van der Waals surface area contributed by atoms with E-state index in [2.05, 4.69) is 28.2 Å². The number of ether oxygens (including phenoxy) is 1. The number of rotatable bonds is 22. The van der Waals surface area contributed by atoms with Gasteiger partial charge in [-0.15, -0.1) is 0 Å². The topological polar surface area (TPSA) is 132 Å². The summed E-state index contributed by atoms with van der Waals surface area (Å²) in [5, 5.41) is 12.0. The van der Waals surface area contributed by atoms with Crippen molar-refractivity contribution in [3.8, 4) is 0 Å². The molecule has 2 aliphatic heterocycles. The molecule has 0 bridgehead atoms. The molecule has 4 fully saturated rings. The van der Waals surface area contributed by atoms with E-state index in [1.165, 1.54) is 86.1 Å². The molecule has 2 saturated carbocycles. The minimum atomic E-state index is -4.67. The van der Waals surface area contributed by atoms with Crippen LogP contribution in [0, 0.1) is 11.8 Å². The Hall–Kier alpha value is -4.95. The smallest absolute Gasteiger partial charge is 0.378 e. The van der Waals surface area contributed by atoms with Crippen molar-refractivity contribution >= 4 is 23.8 Å². The largest absolute Gasteiger partial charge is 0.408 e. The molecular formula is C51H67F3N6O5. The van der Waals surface area contributed by atoms with Gasteiger partial charge in [-0.2, -0.15) is 13.2 Å². The Bertz CT molecular complexity index is 1950. The number of amides is 5. The molecule has 9 atom stereocenters. The summed E-state index contributed by atoms with van der Waals surface area (Å²) in [7, 11) is 1.43. The quantitative estimate of drug-likeness (QED) is 0.0752. The van der Waals surface area contributed by atoms with Crippen LogP contribution in [0.3, 0.4) is 0 Å². The zero-order valence-corrected chi connectivity index (χ0v) is 37.9. The summed E-state index contributed by atoms with van der Waals surface area (Å²) in [6.07, 6.45) is 7.96. The highest BCUT2D eigenvalue weighted by molar-refractivity contribution is 5.97. The van der Waals surface area contributed by atoms with Crippen LogP contribution in [-0.2, 0) is 14.3 Å². The fourth-order valence-electron chi connectivity index (χ4n) is 9.95. The van der Waals surface area contributed by atoms with Crippen molar-refractivity contribution < 1.29 is 37.1 Å². The predicted molar refractivity (Wildman–Crippen MR) is 244 cm³/mol. The average Bonchev–Trinajstić information content (AvgIpc) is 4.16. The van der Waals surface area contributed by atoms with Gasteiger partial charge in [0.25, 0.3) is 5.91 Å². The van der Waals surface area contributed by atoms with Crippen molar-refractivity contribution in [1.82, 2.24) is 31.1 Å². The zero-order valence-electron chi connectivity index (χ0n) is 37.9. The van der Waals surface area contributed by atoms with Gasteiger partial charge in [0.2, 0.25) is 11.8 Å². The second kappa shape index (κ2) is 22.5. The van der Waals surface area contributed by atoms with Gasteiger partial charge < -0.3 is 30.9 Å². The maximum absolute atomic E-state index is 14.9. The Kier molecular flexibility index (Phi) is 16.6. The van der Waals surface area contributed by atoms with E-state index in [4.69, 9.17) is 4.74 Å². The molecule has 0 aromatic heterocycles. The second-order valence-electron chi connectivity index (χ2n) is 18.6. The van der Waals surface area contributed by atoms with Gasteiger partial charge in [0.1, 0.15) is 6.04 Å². The summed E-state index contributed by atoms with van der Waals surface area (Å²) in [6, 6.07) is 22.0. The molecule has 0 unspecified atom stereocenters. The highest BCUT2D eigenvalue weighted by atomic mass is 19.4. The van der Waals surface area contributed by atoms with E-state index in [9.17, 15) is 32.3 Å². The second-order valence-corrected chi connectivity index (χ2v) is 18.6. The lowest BCUT2D eigenvalue weighted by Gasteiger charge is -2.30. The molecule has 14 heteroatoms. The number of alkyl halides is 3. The lowest BCUT2D eigenvalue weighted by atomic mass is 9.94.